The van der Waals surface area contributed by atoms with Crippen LogP contribution in [-0.2, 0) is 4.79 Å². The van der Waals surface area contributed by atoms with Crippen molar-refractivity contribution in [2.45, 2.75) is 6.92 Å². The summed E-state index contributed by atoms with van der Waals surface area (Å²) in [6.45, 7) is 4.93. The van der Waals surface area contributed by atoms with Gasteiger partial charge >= 0.3 is 11.9 Å². The maximum atomic E-state index is 12.4. The van der Waals surface area contributed by atoms with Gasteiger partial charge in [0.15, 0.2) is 5.78 Å². The smallest absolute Gasteiger partial charge is 0.338 e. The molecule has 0 fully saturated rings. The van der Waals surface area contributed by atoms with Crippen LogP contribution in [0.1, 0.15) is 33.2 Å². The first kappa shape index (κ1) is 16.2. The van der Waals surface area contributed by atoms with Crippen molar-refractivity contribution in [1.29, 1.82) is 0 Å². The van der Waals surface area contributed by atoms with Crippen LogP contribution in [-0.4, -0.2) is 22.8 Å². The van der Waals surface area contributed by atoms with Gasteiger partial charge in [-0.1, -0.05) is 36.9 Å². The van der Waals surface area contributed by atoms with Crippen LogP contribution in [0, 0.1) is 0 Å². The second-order valence-electron chi connectivity index (χ2n) is 4.88. The Balaban J connectivity index is 2.41. The molecule has 0 amide bonds. The van der Waals surface area contributed by atoms with Crippen molar-refractivity contribution in [3.05, 3.63) is 77.4 Å². The van der Waals surface area contributed by atoms with E-state index in [2.05, 4.69) is 6.58 Å². The third-order valence-electron chi connectivity index (χ3n) is 3.06. The van der Waals surface area contributed by atoms with E-state index >= 15 is 0 Å². The average molecular weight is 310 g/mol. The number of carbonyl (C=O) groups excluding carboxylic acids is 2. The number of benzene rings is 2. The number of ether oxygens (including phenoxy) is 1. The van der Waals surface area contributed by atoms with Gasteiger partial charge in [-0.2, -0.15) is 0 Å². The van der Waals surface area contributed by atoms with Crippen molar-refractivity contribution in [1.82, 2.24) is 0 Å². The van der Waals surface area contributed by atoms with Crippen LogP contribution in [0.3, 0.4) is 0 Å². The summed E-state index contributed by atoms with van der Waals surface area (Å²) in [7, 11) is 0. The molecule has 0 bridgehead atoms. The van der Waals surface area contributed by atoms with E-state index in [0.717, 1.165) is 6.07 Å². The molecule has 0 aliphatic carbocycles. The van der Waals surface area contributed by atoms with Gasteiger partial charge in [-0.3, -0.25) is 4.79 Å². The zero-order chi connectivity index (χ0) is 17.0. The molecule has 0 unspecified atom stereocenters. The summed E-state index contributed by atoms with van der Waals surface area (Å²) in [5, 5.41) is 9.32. The van der Waals surface area contributed by atoms with E-state index in [1.165, 1.54) is 19.1 Å². The first-order valence-electron chi connectivity index (χ1n) is 6.75. The summed E-state index contributed by atoms with van der Waals surface area (Å²) >= 11 is 0. The van der Waals surface area contributed by atoms with E-state index < -0.39 is 17.7 Å². The van der Waals surface area contributed by atoms with E-state index in [-0.39, 0.29) is 22.4 Å². The summed E-state index contributed by atoms with van der Waals surface area (Å²) in [6.07, 6.45) is 0. The molecule has 0 saturated carbocycles. The van der Waals surface area contributed by atoms with Gasteiger partial charge in [-0.05, 0) is 25.1 Å². The number of ketones is 1. The molecule has 0 aromatic heterocycles. The van der Waals surface area contributed by atoms with E-state index in [1.807, 2.05) is 0 Å². The molecule has 0 saturated heterocycles. The normalized spacial score (nSPS) is 9.96. The minimum Gasteiger partial charge on any atom is -0.478 e. The first-order valence-corrected chi connectivity index (χ1v) is 6.75. The Morgan fingerprint density at radius 3 is 2.22 bits per heavy atom. The van der Waals surface area contributed by atoms with Gasteiger partial charge in [0.25, 0.3) is 0 Å². The minimum atomic E-state index is -1.28. The summed E-state index contributed by atoms with van der Waals surface area (Å²) < 4.78 is 4.99. The molecule has 116 valence electrons. The summed E-state index contributed by atoms with van der Waals surface area (Å²) in [6, 6.07) is 12.2. The molecule has 0 radical (unpaired) electrons. The SMILES string of the molecule is C=C(C)C(=O)Oc1ccc(C(=O)c2ccccc2)c(C(=O)O)c1. The molecule has 2 rings (SSSR count). The highest BCUT2D eigenvalue weighted by Crippen LogP contribution is 2.21. The summed E-state index contributed by atoms with van der Waals surface area (Å²) in [5.74, 6) is -2.32. The van der Waals surface area contributed by atoms with Gasteiger partial charge < -0.3 is 9.84 Å². The Bertz CT molecular complexity index is 790. The van der Waals surface area contributed by atoms with Gasteiger partial charge in [-0.15, -0.1) is 0 Å². The van der Waals surface area contributed by atoms with Crippen molar-refractivity contribution >= 4 is 17.7 Å². The number of rotatable bonds is 5. The predicted octanol–water partition coefficient (Wildman–Crippen LogP) is 3.10. The number of carboxylic acids is 1. The van der Waals surface area contributed by atoms with Crippen LogP contribution in [0.15, 0.2) is 60.7 Å². The molecule has 0 spiro atoms. The highest BCUT2D eigenvalue weighted by molar-refractivity contribution is 6.14. The Morgan fingerprint density at radius 2 is 1.65 bits per heavy atom. The molecule has 1 N–H and O–H groups in total. The molecule has 2 aromatic rings. The van der Waals surface area contributed by atoms with E-state index in [1.54, 1.807) is 30.3 Å². The lowest BCUT2D eigenvalue weighted by molar-refractivity contribution is -0.130. The monoisotopic (exact) mass is 310 g/mol. The maximum absolute atomic E-state index is 12.4. The van der Waals surface area contributed by atoms with Crippen molar-refractivity contribution < 1.29 is 24.2 Å². The fourth-order valence-corrected chi connectivity index (χ4v) is 1.90. The second-order valence-corrected chi connectivity index (χ2v) is 4.88. The van der Waals surface area contributed by atoms with Crippen LogP contribution >= 0.6 is 0 Å². The Morgan fingerprint density at radius 1 is 1.00 bits per heavy atom. The molecule has 0 heterocycles. The first-order chi connectivity index (χ1) is 10.9. The summed E-state index contributed by atoms with van der Waals surface area (Å²) in [4.78, 5) is 35.3. The van der Waals surface area contributed by atoms with Crippen molar-refractivity contribution in [3.8, 4) is 5.75 Å². The number of hydrogen-bond acceptors (Lipinski definition) is 4. The minimum absolute atomic E-state index is 0.0267. The predicted molar refractivity (Wildman–Crippen MR) is 83.7 cm³/mol. The largest absolute Gasteiger partial charge is 0.478 e. The third kappa shape index (κ3) is 3.71. The molecular weight excluding hydrogens is 296 g/mol. The fourth-order valence-electron chi connectivity index (χ4n) is 1.90. The highest BCUT2D eigenvalue weighted by Gasteiger charge is 2.19. The van der Waals surface area contributed by atoms with Crippen LogP contribution in [0.4, 0.5) is 0 Å². The lowest BCUT2D eigenvalue weighted by Gasteiger charge is -2.09. The lowest BCUT2D eigenvalue weighted by atomic mass is 9.98. The standard InChI is InChI=1S/C18H14O5/c1-11(2)18(22)23-13-8-9-14(15(10-13)17(20)21)16(19)12-6-4-3-5-7-12/h3-10H,1H2,2H3,(H,20,21). The maximum Gasteiger partial charge on any atom is 0.338 e. The molecule has 0 aliphatic heterocycles. The molecular formula is C18H14O5. The quantitative estimate of drug-likeness (QED) is 0.397. The van der Waals surface area contributed by atoms with Crippen LogP contribution in [0.2, 0.25) is 0 Å². The van der Waals surface area contributed by atoms with Gasteiger partial charge in [0.1, 0.15) is 5.75 Å². The second kappa shape index (κ2) is 6.70. The van der Waals surface area contributed by atoms with Crippen LogP contribution < -0.4 is 4.74 Å². The Hall–Kier alpha value is -3.21. The number of hydrogen-bond donors (Lipinski definition) is 1. The lowest BCUT2D eigenvalue weighted by Crippen LogP contribution is -2.12. The van der Waals surface area contributed by atoms with Gasteiger partial charge in [0, 0.05) is 16.7 Å². The molecule has 0 aliphatic rings. The van der Waals surface area contributed by atoms with Crippen molar-refractivity contribution in [2.24, 2.45) is 0 Å². The van der Waals surface area contributed by atoms with Crippen LogP contribution in [0.5, 0.6) is 5.75 Å². The molecule has 5 heteroatoms. The van der Waals surface area contributed by atoms with Gasteiger partial charge in [-0.25, -0.2) is 9.59 Å². The number of esters is 1. The number of carboxylic acid groups (broad SMARTS) is 1. The molecule has 23 heavy (non-hydrogen) atoms. The fraction of sp³-hybridized carbons (Fsp3) is 0.0556. The Labute approximate surface area is 132 Å². The van der Waals surface area contributed by atoms with E-state index in [0.29, 0.717) is 5.56 Å². The van der Waals surface area contributed by atoms with Crippen molar-refractivity contribution in [3.63, 3.8) is 0 Å². The van der Waals surface area contributed by atoms with E-state index in [4.69, 9.17) is 4.74 Å². The molecule has 5 nitrogen and oxygen atoms in total. The number of aromatic carboxylic acids is 1. The molecule has 0 atom stereocenters. The Kier molecular flexibility index (Phi) is 4.71. The van der Waals surface area contributed by atoms with Crippen molar-refractivity contribution in [2.75, 3.05) is 0 Å². The average Bonchev–Trinajstić information content (AvgIpc) is 2.54. The molecule has 2 aromatic carbocycles. The summed E-state index contributed by atoms with van der Waals surface area (Å²) in [5.41, 5.74) is 0.359. The zero-order valence-corrected chi connectivity index (χ0v) is 12.4. The third-order valence-corrected chi connectivity index (χ3v) is 3.06. The van der Waals surface area contributed by atoms with E-state index in [9.17, 15) is 19.5 Å². The highest BCUT2D eigenvalue weighted by atomic mass is 16.5. The van der Waals surface area contributed by atoms with Gasteiger partial charge in [0.2, 0.25) is 0 Å². The van der Waals surface area contributed by atoms with Crippen LogP contribution in [0.25, 0.3) is 0 Å². The van der Waals surface area contributed by atoms with Gasteiger partial charge in [0.05, 0.1) is 5.56 Å². The number of carbonyl (C=O) groups is 3. The topological polar surface area (TPSA) is 80.7 Å². The zero-order valence-electron chi connectivity index (χ0n) is 12.4.